The van der Waals surface area contributed by atoms with Crippen LogP contribution in [0.5, 0.6) is 5.75 Å². The molecule has 1 atom stereocenters. The lowest BCUT2D eigenvalue weighted by Crippen LogP contribution is -2.10. The van der Waals surface area contributed by atoms with Crippen LogP contribution in [0.25, 0.3) is 10.9 Å². The SMILES string of the molecule is Oc1c(C(Cc2ccc(C(F)(F)F)nc2)c2ccc(Cl)cc2Cl)ccc2cccnc12. The topological polar surface area (TPSA) is 46.0 Å². The van der Waals surface area contributed by atoms with Crippen LogP contribution in [0.15, 0.2) is 67.0 Å². The van der Waals surface area contributed by atoms with Crippen LogP contribution in [0.2, 0.25) is 10.0 Å². The van der Waals surface area contributed by atoms with Gasteiger partial charge < -0.3 is 5.11 Å². The van der Waals surface area contributed by atoms with Gasteiger partial charge in [0, 0.05) is 39.3 Å². The largest absolute Gasteiger partial charge is 0.505 e. The van der Waals surface area contributed by atoms with E-state index in [2.05, 4.69) is 9.97 Å². The average Bonchev–Trinajstić information content (AvgIpc) is 2.73. The summed E-state index contributed by atoms with van der Waals surface area (Å²) in [6.07, 6.45) is -1.48. The van der Waals surface area contributed by atoms with Crippen LogP contribution < -0.4 is 0 Å². The number of pyridine rings is 2. The zero-order valence-electron chi connectivity index (χ0n) is 15.9. The van der Waals surface area contributed by atoms with E-state index < -0.39 is 17.8 Å². The molecular formula is C23H15Cl2F3N2O. The molecule has 0 aliphatic heterocycles. The lowest BCUT2D eigenvalue weighted by molar-refractivity contribution is -0.141. The van der Waals surface area contributed by atoms with Gasteiger partial charge >= 0.3 is 6.18 Å². The Morgan fingerprint density at radius 3 is 2.39 bits per heavy atom. The van der Waals surface area contributed by atoms with E-state index in [4.69, 9.17) is 23.2 Å². The minimum atomic E-state index is -4.51. The van der Waals surface area contributed by atoms with Gasteiger partial charge in [0.05, 0.1) is 0 Å². The predicted molar refractivity (Wildman–Crippen MR) is 115 cm³/mol. The smallest absolute Gasteiger partial charge is 0.433 e. The van der Waals surface area contributed by atoms with Gasteiger partial charge in [-0.2, -0.15) is 13.2 Å². The monoisotopic (exact) mass is 462 g/mol. The van der Waals surface area contributed by atoms with Crippen molar-refractivity contribution in [2.45, 2.75) is 18.5 Å². The van der Waals surface area contributed by atoms with Crippen LogP contribution in [0.4, 0.5) is 13.2 Å². The highest BCUT2D eigenvalue weighted by Crippen LogP contribution is 2.40. The Bertz CT molecular complexity index is 1240. The Labute approximate surface area is 186 Å². The second-order valence-electron chi connectivity index (χ2n) is 7.05. The minimum absolute atomic E-state index is 0.00557. The Hall–Kier alpha value is -2.83. The molecule has 2 heterocycles. The molecule has 0 saturated heterocycles. The van der Waals surface area contributed by atoms with Crippen molar-refractivity contribution in [1.82, 2.24) is 9.97 Å². The molecule has 8 heteroatoms. The van der Waals surface area contributed by atoms with E-state index in [9.17, 15) is 18.3 Å². The fraction of sp³-hybridized carbons (Fsp3) is 0.130. The normalized spacial score (nSPS) is 12.8. The number of benzene rings is 2. The molecular weight excluding hydrogens is 448 g/mol. The van der Waals surface area contributed by atoms with Gasteiger partial charge in [0.15, 0.2) is 0 Å². The van der Waals surface area contributed by atoms with E-state index in [1.54, 1.807) is 36.5 Å². The molecule has 0 saturated carbocycles. The van der Waals surface area contributed by atoms with Gasteiger partial charge in [0.25, 0.3) is 0 Å². The van der Waals surface area contributed by atoms with Gasteiger partial charge in [-0.15, -0.1) is 0 Å². The van der Waals surface area contributed by atoms with Crippen LogP contribution in [0.3, 0.4) is 0 Å². The maximum absolute atomic E-state index is 12.9. The fourth-order valence-corrected chi connectivity index (χ4v) is 4.09. The maximum atomic E-state index is 12.9. The molecule has 1 unspecified atom stereocenters. The molecule has 2 aromatic heterocycles. The van der Waals surface area contributed by atoms with Gasteiger partial charge in [-0.3, -0.25) is 9.97 Å². The third kappa shape index (κ3) is 4.45. The van der Waals surface area contributed by atoms with Crippen LogP contribution >= 0.6 is 23.2 Å². The molecule has 31 heavy (non-hydrogen) atoms. The summed E-state index contributed by atoms with van der Waals surface area (Å²) in [6, 6.07) is 14.5. The molecule has 1 N–H and O–H groups in total. The van der Waals surface area contributed by atoms with Crippen molar-refractivity contribution in [3.05, 3.63) is 99.4 Å². The molecule has 0 spiro atoms. The van der Waals surface area contributed by atoms with Crippen LogP contribution in [0.1, 0.15) is 28.3 Å². The molecule has 0 radical (unpaired) electrons. The third-order valence-electron chi connectivity index (χ3n) is 5.05. The number of hydrogen-bond donors (Lipinski definition) is 1. The van der Waals surface area contributed by atoms with Gasteiger partial charge in [0.1, 0.15) is 17.0 Å². The molecule has 4 rings (SSSR count). The summed E-state index contributed by atoms with van der Waals surface area (Å²) in [7, 11) is 0. The molecule has 0 fully saturated rings. The summed E-state index contributed by atoms with van der Waals surface area (Å²) in [4.78, 5) is 7.80. The van der Waals surface area contributed by atoms with Crippen molar-refractivity contribution in [3.8, 4) is 5.75 Å². The number of rotatable bonds is 4. The lowest BCUT2D eigenvalue weighted by Gasteiger charge is -2.21. The molecule has 0 aliphatic rings. The first-order chi connectivity index (χ1) is 14.7. The number of aromatic hydroxyl groups is 1. The van der Waals surface area contributed by atoms with Crippen LogP contribution in [-0.2, 0) is 12.6 Å². The van der Waals surface area contributed by atoms with Gasteiger partial charge in [-0.25, -0.2) is 0 Å². The van der Waals surface area contributed by atoms with Crippen molar-refractivity contribution < 1.29 is 18.3 Å². The Kier molecular flexibility index (Phi) is 5.77. The quantitative estimate of drug-likeness (QED) is 0.353. The molecule has 4 aromatic rings. The first kappa shape index (κ1) is 21.4. The third-order valence-corrected chi connectivity index (χ3v) is 5.61. The van der Waals surface area contributed by atoms with Gasteiger partial charge in [-0.05, 0) is 41.8 Å². The Morgan fingerprint density at radius 1 is 0.935 bits per heavy atom. The lowest BCUT2D eigenvalue weighted by atomic mass is 9.85. The summed E-state index contributed by atoms with van der Waals surface area (Å²) in [5.41, 5.74) is 1.26. The van der Waals surface area contributed by atoms with E-state index >= 15 is 0 Å². The standard InChI is InChI=1S/C23H15Cl2F3N2O/c24-15-5-7-16(19(25)11-15)18(10-13-3-8-20(30-12-13)23(26,27)28)17-6-4-14-2-1-9-29-21(14)22(17)31/h1-9,11-12,18,31H,10H2. The molecule has 3 nitrogen and oxygen atoms in total. The van der Waals surface area contributed by atoms with E-state index in [1.165, 1.54) is 12.3 Å². The van der Waals surface area contributed by atoms with E-state index in [-0.39, 0.29) is 12.2 Å². The number of phenolic OH excluding ortho intramolecular Hbond substituents is 1. The van der Waals surface area contributed by atoms with Gasteiger partial charge in [0.2, 0.25) is 0 Å². The van der Waals surface area contributed by atoms with Crippen LogP contribution in [-0.4, -0.2) is 15.1 Å². The highest BCUT2D eigenvalue weighted by molar-refractivity contribution is 6.35. The zero-order chi connectivity index (χ0) is 22.2. The van der Waals surface area contributed by atoms with Crippen molar-refractivity contribution in [3.63, 3.8) is 0 Å². The maximum Gasteiger partial charge on any atom is 0.433 e. The van der Waals surface area contributed by atoms with E-state index in [1.807, 2.05) is 12.1 Å². The fourth-order valence-electron chi connectivity index (χ4n) is 3.55. The molecule has 0 amide bonds. The highest BCUT2D eigenvalue weighted by atomic mass is 35.5. The summed E-state index contributed by atoms with van der Waals surface area (Å²) >= 11 is 12.5. The number of halogens is 5. The van der Waals surface area contributed by atoms with Crippen molar-refractivity contribution in [1.29, 1.82) is 0 Å². The number of hydrogen-bond acceptors (Lipinski definition) is 3. The number of alkyl halides is 3. The summed E-state index contributed by atoms with van der Waals surface area (Å²) in [5.74, 6) is -0.469. The minimum Gasteiger partial charge on any atom is -0.505 e. The van der Waals surface area contributed by atoms with Gasteiger partial charge in [-0.1, -0.05) is 53.5 Å². The van der Waals surface area contributed by atoms with E-state index in [0.29, 0.717) is 32.3 Å². The van der Waals surface area contributed by atoms with E-state index in [0.717, 1.165) is 11.5 Å². The molecule has 0 bridgehead atoms. The summed E-state index contributed by atoms with van der Waals surface area (Å²) in [5, 5.41) is 12.6. The summed E-state index contributed by atoms with van der Waals surface area (Å²) in [6.45, 7) is 0. The second kappa shape index (κ2) is 8.36. The Morgan fingerprint density at radius 2 is 1.71 bits per heavy atom. The number of phenols is 1. The Balaban J connectivity index is 1.82. The number of aromatic nitrogens is 2. The van der Waals surface area contributed by atoms with Crippen molar-refractivity contribution >= 4 is 34.1 Å². The molecule has 2 aromatic carbocycles. The number of fused-ring (bicyclic) bond motifs is 1. The van der Waals surface area contributed by atoms with Crippen molar-refractivity contribution in [2.24, 2.45) is 0 Å². The predicted octanol–water partition coefficient (Wildman–Crippen LogP) is 7.04. The average molecular weight is 463 g/mol. The van der Waals surface area contributed by atoms with Crippen LogP contribution in [0, 0.1) is 0 Å². The zero-order valence-corrected chi connectivity index (χ0v) is 17.4. The first-order valence-corrected chi connectivity index (χ1v) is 10.0. The summed E-state index contributed by atoms with van der Waals surface area (Å²) < 4.78 is 38.6. The molecule has 0 aliphatic carbocycles. The molecule has 158 valence electrons. The first-order valence-electron chi connectivity index (χ1n) is 9.27. The number of nitrogens with zero attached hydrogens (tertiary/aromatic N) is 2. The van der Waals surface area contributed by atoms with Crippen molar-refractivity contribution in [2.75, 3.05) is 0 Å². The highest BCUT2D eigenvalue weighted by Gasteiger charge is 2.32. The second-order valence-corrected chi connectivity index (χ2v) is 7.89.